The summed E-state index contributed by atoms with van der Waals surface area (Å²) in [5.41, 5.74) is 4.62. The standard InChI is InChI=1S/C25H20ClFN4O4/c1-14-22(24(33)31(30-14)19-6-2-5-17(12-19)25(34)35)29-28-21-7-3-4-16(23(21)32)9-8-15-10-11-18(27)13-20(15)26/h2-6,8-13,21,28,32H,7H2,1H3,(H,34,35)/b9-8+,29-22-. The number of anilines is 1. The van der Waals surface area contributed by atoms with E-state index in [0.29, 0.717) is 29.0 Å². The molecule has 35 heavy (non-hydrogen) atoms. The second kappa shape index (κ2) is 9.94. The second-order valence-electron chi connectivity index (χ2n) is 7.78. The fourth-order valence-corrected chi connectivity index (χ4v) is 3.75. The van der Waals surface area contributed by atoms with Gasteiger partial charge in [0.1, 0.15) is 17.6 Å². The smallest absolute Gasteiger partial charge is 0.335 e. The number of carboxylic acids is 1. The SMILES string of the molecule is CC1=NN(c2cccc(C(=O)O)c2)C(=O)/C1=N\NC1CC=CC(/C=C/c2ccc(F)cc2Cl)=C1O. The van der Waals surface area contributed by atoms with Crippen molar-refractivity contribution in [2.45, 2.75) is 19.4 Å². The zero-order valence-corrected chi connectivity index (χ0v) is 19.2. The van der Waals surface area contributed by atoms with E-state index in [2.05, 4.69) is 15.6 Å². The first kappa shape index (κ1) is 23.9. The molecule has 1 atom stereocenters. The van der Waals surface area contributed by atoms with E-state index in [1.54, 1.807) is 31.2 Å². The van der Waals surface area contributed by atoms with E-state index in [-0.39, 0.29) is 22.1 Å². The number of rotatable bonds is 6. The van der Waals surface area contributed by atoms with Crippen LogP contribution in [0.25, 0.3) is 6.08 Å². The first-order valence-electron chi connectivity index (χ1n) is 10.5. The van der Waals surface area contributed by atoms with Gasteiger partial charge in [-0.2, -0.15) is 15.2 Å². The van der Waals surface area contributed by atoms with E-state index in [0.717, 1.165) is 5.01 Å². The maximum Gasteiger partial charge on any atom is 0.335 e. The van der Waals surface area contributed by atoms with Crippen molar-refractivity contribution in [1.82, 2.24) is 5.43 Å². The highest BCUT2D eigenvalue weighted by Gasteiger charge is 2.31. The molecular weight excluding hydrogens is 475 g/mol. The maximum absolute atomic E-state index is 13.2. The number of aliphatic hydroxyl groups excluding tert-OH is 1. The third kappa shape index (κ3) is 5.15. The van der Waals surface area contributed by atoms with Crippen molar-refractivity contribution in [3.8, 4) is 0 Å². The Morgan fingerprint density at radius 1 is 1.29 bits per heavy atom. The molecule has 0 aromatic heterocycles. The van der Waals surface area contributed by atoms with Crippen molar-refractivity contribution < 1.29 is 24.2 Å². The van der Waals surface area contributed by atoms with E-state index in [1.165, 1.54) is 36.4 Å². The Morgan fingerprint density at radius 3 is 2.83 bits per heavy atom. The number of halogens is 2. The van der Waals surface area contributed by atoms with Crippen molar-refractivity contribution in [1.29, 1.82) is 0 Å². The largest absolute Gasteiger partial charge is 0.509 e. The molecule has 0 saturated heterocycles. The van der Waals surface area contributed by atoms with Gasteiger partial charge < -0.3 is 10.2 Å². The third-order valence-electron chi connectivity index (χ3n) is 5.36. The van der Waals surface area contributed by atoms with Crippen LogP contribution in [0, 0.1) is 5.82 Å². The lowest BCUT2D eigenvalue weighted by atomic mass is 10.00. The maximum atomic E-state index is 13.2. The summed E-state index contributed by atoms with van der Waals surface area (Å²) in [7, 11) is 0. The van der Waals surface area contributed by atoms with Crippen molar-refractivity contribution >= 4 is 46.7 Å². The number of carbonyl (C=O) groups excluding carboxylic acids is 1. The number of carbonyl (C=O) groups is 2. The van der Waals surface area contributed by atoms with Gasteiger partial charge in [0, 0.05) is 5.57 Å². The molecule has 10 heteroatoms. The highest BCUT2D eigenvalue weighted by atomic mass is 35.5. The molecule has 0 saturated carbocycles. The summed E-state index contributed by atoms with van der Waals surface area (Å²) in [6.07, 6.45) is 7.30. The number of hydrogen-bond donors (Lipinski definition) is 3. The number of aliphatic hydroxyl groups is 1. The fraction of sp³-hybridized carbons (Fsp3) is 0.120. The lowest BCUT2D eigenvalue weighted by Gasteiger charge is -2.19. The third-order valence-corrected chi connectivity index (χ3v) is 5.68. The van der Waals surface area contributed by atoms with Crippen LogP contribution in [0.2, 0.25) is 5.02 Å². The Kier molecular flexibility index (Phi) is 6.79. The van der Waals surface area contributed by atoms with Crippen molar-refractivity contribution in [2.75, 3.05) is 5.01 Å². The van der Waals surface area contributed by atoms with Gasteiger partial charge in [-0.15, -0.1) is 0 Å². The minimum Gasteiger partial charge on any atom is -0.509 e. The quantitative estimate of drug-likeness (QED) is 0.503. The average molecular weight is 495 g/mol. The van der Waals surface area contributed by atoms with Crippen LogP contribution in [0.5, 0.6) is 0 Å². The minimum atomic E-state index is -1.12. The van der Waals surface area contributed by atoms with Gasteiger partial charge in [0.25, 0.3) is 0 Å². The lowest BCUT2D eigenvalue weighted by Crippen LogP contribution is -2.33. The number of hydrazone groups is 2. The van der Waals surface area contributed by atoms with Crippen LogP contribution in [0.3, 0.4) is 0 Å². The lowest BCUT2D eigenvalue weighted by molar-refractivity contribution is -0.112. The number of nitrogens with one attached hydrogen (secondary N) is 1. The molecule has 1 unspecified atom stereocenters. The minimum absolute atomic E-state index is 0.0115. The van der Waals surface area contributed by atoms with E-state index in [1.807, 2.05) is 6.08 Å². The van der Waals surface area contributed by atoms with Crippen molar-refractivity contribution in [2.24, 2.45) is 10.2 Å². The Balaban J connectivity index is 1.50. The van der Waals surface area contributed by atoms with Gasteiger partial charge in [-0.1, -0.05) is 48.0 Å². The Morgan fingerprint density at radius 2 is 2.09 bits per heavy atom. The molecule has 8 nitrogen and oxygen atoms in total. The predicted molar refractivity (Wildman–Crippen MR) is 132 cm³/mol. The normalized spacial score (nSPS) is 19.1. The number of hydrogen-bond acceptors (Lipinski definition) is 6. The number of allylic oxidation sites excluding steroid dienone is 3. The zero-order valence-electron chi connectivity index (χ0n) is 18.4. The van der Waals surface area contributed by atoms with Gasteiger partial charge in [-0.3, -0.25) is 10.2 Å². The van der Waals surface area contributed by atoms with Crippen LogP contribution in [0.1, 0.15) is 29.3 Å². The fourth-order valence-electron chi connectivity index (χ4n) is 3.52. The van der Waals surface area contributed by atoms with Crippen LogP contribution >= 0.6 is 11.6 Å². The first-order valence-corrected chi connectivity index (χ1v) is 10.9. The predicted octanol–water partition coefficient (Wildman–Crippen LogP) is 4.70. The van der Waals surface area contributed by atoms with Crippen LogP contribution in [-0.4, -0.2) is 39.6 Å². The molecule has 1 heterocycles. The summed E-state index contributed by atoms with van der Waals surface area (Å²) in [5.74, 6) is -2.08. The van der Waals surface area contributed by atoms with Crippen molar-refractivity contribution in [3.63, 3.8) is 0 Å². The average Bonchev–Trinajstić information content (AvgIpc) is 3.12. The second-order valence-corrected chi connectivity index (χ2v) is 8.18. The summed E-state index contributed by atoms with van der Waals surface area (Å²) >= 11 is 6.05. The van der Waals surface area contributed by atoms with Gasteiger partial charge in [0.15, 0.2) is 5.71 Å². The van der Waals surface area contributed by atoms with Crippen LogP contribution in [0.4, 0.5) is 10.1 Å². The molecule has 2 aliphatic rings. The van der Waals surface area contributed by atoms with E-state index in [9.17, 15) is 24.2 Å². The summed E-state index contributed by atoms with van der Waals surface area (Å²) in [5, 5.41) is 29.6. The molecule has 2 aromatic rings. The topological polar surface area (TPSA) is 115 Å². The number of aromatic carboxylic acids is 1. The van der Waals surface area contributed by atoms with Gasteiger partial charge in [-0.25, -0.2) is 9.18 Å². The molecule has 4 rings (SSSR count). The van der Waals surface area contributed by atoms with Crippen LogP contribution < -0.4 is 10.4 Å². The molecule has 178 valence electrons. The van der Waals surface area contributed by atoms with Crippen LogP contribution in [0.15, 0.2) is 82.2 Å². The van der Waals surface area contributed by atoms with Gasteiger partial charge in [0.05, 0.1) is 22.0 Å². The van der Waals surface area contributed by atoms with E-state index in [4.69, 9.17) is 11.6 Å². The molecule has 0 radical (unpaired) electrons. The van der Waals surface area contributed by atoms with Gasteiger partial charge in [0.2, 0.25) is 0 Å². The first-order chi connectivity index (χ1) is 16.7. The Labute approximate surface area is 205 Å². The van der Waals surface area contributed by atoms with E-state index >= 15 is 0 Å². The molecule has 1 amide bonds. The van der Waals surface area contributed by atoms with Crippen molar-refractivity contribution in [3.05, 3.63) is 94.0 Å². The molecule has 0 fully saturated rings. The molecule has 2 aromatic carbocycles. The van der Waals surface area contributed by atoms with E-state index < -0.39 is 23.7 Å². The zero-order chi connectivity index (χ0) is 25.1. The number of benzene rings is 2. The monoisotopic (exact) mass is 494 g/mol. The molecular formula is C25H20ClFN4O4. The highest BCUT2D eigenvalue weighted by Crippen LogP contribution is 2.24. The molecule has 1 aliphatic heterocycles. The molecule has 0 bridgehead atoms. The summed E-state index contributed by atoms with van der Waals surface area (Å²) < 4.78 is 13.2. The molecule has 0 spiro atoms. The van der Waals surface area contributed by atoms with Crippen LogP contribution in [-0.2, 0) is 4.79 Å². The summed E-state index contributed by atoms with van der Waals surface area (Å²) in [6, 6.07) is 9.30. The summed E-state index contributed by atoms with van der Waals surface area (Å²) in [6.45, 7) is 1.61. The molecule has 3 N–H and O–H groups in total. The Hall–Kier alpha value is -4.24. The number of nitrogens with zero attached hydrogens (tertiary/aromatic N) is 3. The van der Waals surface area contributed by atoms with Gasteiger partial charge >= 0.3 is 11.9 Å². The Bertz CT molecular complexity index is 1360. The summed E-state index contributed by atoms with van der Waals surface area (Å²) in [4.78, 5) is 24.1. The number of amides is 1. The highest BCUT2D eigenvalue weighted by molar-refractivity contribution is 6.71. The van der Waals surface area contributed by atoms with Gasteiger partial charge in [-0.05, 0) is 49.2 Å². The molecule has 1 aliphatic carbocycles. The number of carboxylic acid groups (broad SMARTS) is 1.